The van der Waals surface area contributed by atoms with E-state index in [1.54, 1.807) is 0 Å². The second kappa shape index (κ2) is 6.61. The van der Waals surface area contributed by atoms with Crippen molar-refractivity contribution in [3.05, 3.63) is 71.8 Å². The number of halogens is 6. The maximum atomic E-state index is 13.0. The maximum absolute atomic E-state index is 13.0. The van der Waals surface area contributed by atoms with E-state index in [1.807, 2.05) is 0 Å². The molecule has 2 N–H and O–H groups in total. The van der Waals surface area contributed by atoms with Gasteiger partial charge in [0.05, 0.1) is 16.8 Å². The number of nitrogen functional groups attached to an aromatic ring is 1. The zero-order valence-electron chi connectivity index (χ0n) is 13.6. The maximum Gasteiger partial charge on any atom is 0.416 e. The molecule has 0 saturated heterocycles. The molecule has 0 amide bonds. The summed E-state index contributed by atoms with van der Waals surface area (Å²) in [4.78, 5) is 4.06. The fourth-order valence-electron chi connectivity index (χ4n) is 2.63. The minimum atomic E-state index is -4.56. The number of alkyl halides is 6. The van der Waals surface area contributed by atoms with Gasteiger partial charge in [-0.2, -0.15) is 26.3 Å². The van der Waals surface area contributed by atoms with E-state index in [9.17, 15) is 26.3 Å². The van der Waals surface area contributed by atoms with Gasteiger partial charge in [-0.05, 0) is 42.0 Å². The van der Waals surface area contributed by atoms with Crippen LogP contribution in [0.15, 0.2) is 60.7 Å². The van der Waals surface area contributed by atoms with Crippen LogP contribution in [0.4, 0.5) is 32.2 Å². The molecule has 0 aliphatic rings. The number of nitrogens with two attached hydrogens (primary N) is 1. The Kier molecular flexibility index (Phi) is 4.59. The molecule has 3 rings (SSSR count). The summed E-state index contributed by atoms with van der Waals surface area (Å²) >= 11 is 0. The topological polar surface area (TPSA) is 38.9 Å². The van der Waals surface area contributed by atoms with Gasteiger partial charge in [-0.25, -0.2) is 4.98 Å². The Bertz CT molecular complexity index is 976. The van der Waals surface area contributed by atoms with Gasteiger partial charge in [0.1, 0.15) is 5.82 Å². The minimum Gasteiger partial charge on any atom is -0.384 e. The molecule has 0 radical (unpaired) electrons. The molecule has 0 spiro atoms. The van der Waals surface area contributed by atoms with Crippen LogP contribution in [0, 0.1) is 0 Å². The zero-order valence-corrected chi connectivity index (χ0v) is 13.6. The summed E-state index contributed by atoms with van der Waals surface area (Å²) in [5.41, 5.74) is 4.48. The minimum absolute atomic E-state index is 0.0399. The molecule has 0 fully saturated rings. The molecule has 2 nitrogen and oxygen atoms in total. The third kappa shape index (κ3) is 4.05. The summed E-state index contributed by atoms with van der Waals surface area (Å²) in [5, 5.41) is 0. The Morgan fingerprint density at radius 3 is 1.74 bits per heavy atom. The van der Waals surface area contributed by atoms with Crippen LogP contribution in [0.3, 0.4) is 0 Å². The average molecular weight is 382 g/mol. The van der Waals surface area contributed by atoms with Crippen LogP contribution in [0.5, 0.6) is 0 Å². The first-order valence-electron chi connectivity index (χ1n) is 7.67. The molecule has 0 aliphatic carbocycles. The van der Waals surface area contributed by atoms with Crippen molar-refractivity contribution in [2.24, 2.45) is 0 Å². The molecule has 27 heavy (non-hydrogen) atoms. The fraction of sp³-hybridized carbons (Fsp3) is 0.105. The van der Waals surface area contributed by atoms with Gasteiger partial charge in [0.25, 0.3) is 0 Å². The Labute approximate surface area is 150 Å². The number of hydrogen-bond acceptors (Lipinski definition) is 2. The third-order valence-electron chi connectivity index (χ3n) is 3.88. The van der Waals surface area contributed by atoms with Gasteiger partial charge < -0.3 is 5.73 Å². The number of anilines is 1. The molecule has 1 aromatic heterocycles. The summed E-state index contributed by atoms with van der Waals surface area (Å²) in [5.74, 6) is 0.0399. The molecule has 8 heteroatoms. The quantitative estimate of drug-likeness (QED) is 0.549. The highest BCUT2D eigenvalue weighted by Crippen LogP contribution is 2.37. The molecule has 0 aliphatic heterocycles. The van der Waals surface area contributed by atoms with Gasteiger partial charge in [-0.1, -0.05) is 24.3 Å². The largest absolute Gasteiger partial charge is 0.416 e. The molecule has 140 valence electrons. The van der Waals surface area contributed by atoms with Crippen LogP contribution in [-0.4, -0.2) is 4.98 Å². The van der Waals surface area contributed by atoms with E-state index in [0.717, 1.165) is 24.3 Å². The number of pyridine rings is 1. The van der Waals surface area contributed by atoms with Gasteiger partial charge in [0.15, 0.2) is 0 Å². The first-order valence-corrected chi connectivity index (χ1v) is 7.67. The van der Waals surface area contributed by atoms with Crippen molar-refractivity contribution >= 4 is 5.82 Å². The Hall–Kier alpha value is -3.03. The SMILES string of the molecule is Nc1ccc(-c2cccc(C(F)(F)F)c2)c(-c2cccc(C(F)(F)F)c2)n1. The monoisotopic (exact) mass is 382 g/mol. The van der Waals surface area contributed by atoms with E-state index in [4.69, 9.17) is 5.73 Å². The molecule has 1 heterocycles. The fourth-order valence-corrected chi connectivity index (χ4v) is 2.63. The number of benzene rings is 2. The Morgan fingerprint density at radius 2 is 1.19 bits per heavy atom. The second-order valence-corrected chi connectivity index (χ2v) is 5.79. The highest BCUT2D eigenvalue weighted by atomic mass is 19.4. The van der Waals surface area contributed by atoms with Crippen molar-refractivity contribution in [1.29, 1.82) is 0 Å². The molecule has 0 bridgehead atoms. The first kappa shape index (κ1) is 18.8. The van der Waals surface area contributed by atoms with E-state index in [2.05, 4.69) is 4.98 Å². The number of aromatic nitrogens is 1. The van der Waals surface area contributed by atoms with Gasteiger partial charge in [-0.3, -0.25) is 0 Å². The summed E-state index contributed by atoms with van der Waals surface area (Å²) in [7, 11) is 0. The lowest BCUT2D eigenvalue weighted by Crippen LogP contribution is -2.06. The molecule has 0 unspecified atom stereocenters. The highest BCUT2D eigenvalue weighted by Gasteiger charge is 2.32. The second-order valence-electron chi connectivity index (χ2n) is 5.79. The van der Waals surface area contributed by atoms with Crippen LogP contribution in [-0.2, 0) is 12.4 Å². The van der Waals surface area contributed by atoms with Crippen LogP contribution in [0.2, 0.25) is 0 Å². The average Bonchev–Trinajstić information content (AvgIpc) is 2.60. The predicted molar refractivity (Wildman–Crippen MR) is 89.5 cm³/mol. The Balaban J connectivity index is 2.19. The Morgan fingerprint density at radius 1 is 0.667 bits per heavy atom. The molecular formula is C19H12F6N2. The lowest BCUT2D eigenvalue weighted by molar-refractivity contribution is -0.138. The normalized spacial score (nSPS) is 12.2. The van der Waals surface area contributed by atoms with Crippen LogP contribution in [0.1, 0.15) is 11.1 Å². The van der Waals surface area contributed by atoms with E-state index < -0.39 is 23.5 Å². The summed E-state index contributed by atoms with van der Waals surface area (Å²) < 4.78 is 78.0. The molecule has 0 atom stereocenters. The van der Waals surface area contributed by atoms with Crippen molar-refractivity contribution in [2.75, 3.05) is 5.73 Å². The van der Waals surface area contributed by atoms with Crippen LogP contribution in [0.25, 0.3) is 22.4 Å². The molecule has 0 saturated carbocycles. The van der Waals surface area contributed by atoms with E-state index in [1.165, 1.54) is 36.4 Å². The first-order chi connectivity index (χ1) is 12.6. The third-order valence-corrected chi connectivity index (χ3v) is 3.88. The van der Waals surface area contributed by atoms with Gasteiger partial charge >= 0.3 is 12.4 Å². The van der Waals surface area contributed by atoms with E-state index in [-0.39, 0.29) is 28.2 Å². The van der Waals surface area contributed by atoms with Gasteiger partial charge in [-0.15, -0.1) is 0 Å². The number of hydrogen-bond donors (Lipinski definition) is 1. The lowest BCUT2D eigenvalue weighted by Gasteiger charge is -2.14. The summed E-state index contributed by atoms with van der Waals surface area (Å²) in [6, 6.07) is 11.7. The summed E-state index contributed by atoms with van der Waals surface area (Å²) in [6.07, 6.45) is -9.11. The molecular weight excluding hydrogens is 370 g/mol. The number of rotatable bonds is 2. The van der Waals surface area contributed by atoms with E-state index >= 15 is 0 Å². The van der Waals surface area contributed by atoms with Crippen LogP contribution >= 0.6 is 0 Å². The standard InChI is InChI=1S/C19H12F6N2/c20-18(21,22)13-5-1-3-11(9-13)15-7-8-16(26)27-17(15)12-4-2-6-14(10-12)19(23,24)25/h1-10H,(H2,26,27). The van der Waals surface area contributed by atoms with Crippen molar-refractivity contribution in [3.8, 4) is 22.4 Å². The summed E-state index contributed by atoms with van der Waals surface area (Å²) in [6.45, 7) is 0. The van der Waals surface area contributed by atoms with Crippen LogP contribution < -0.4 is 5.73 Å². The molecule has 3 aromatic rings. The predicted octanol–water partition coefficient (Wildman–Crippen LogP) is 6.04. The molecule has 2 aromatic carbocycles. The smallest absolute Gasteiger partial charge is 0.384 e. The van der Waals surface area contributed by atoms with Gasteiger partial charge in [0.2, 0.25) is 0 Å². The van der Waals surface area contributed by atoms with E-state index in [0.29, 0.717) is 0 Å². The zero-order chi connectivity index (χ0) is 19.8. The highest BCUT2D eigenvalue weighted by molar-refractivity contribution is 5.82. The van der Waals surface area contributed by atoms with Gasteiger partial charge in [0, 0.05) is 11.1 Å². The van der Waals surface area contributed by atoms with Crippen molar-refractivity contribution in [1.82, 2.24) is 4.98 Å². The van der Waals surface area contributed by atoms with Crippen molar-refractivity contribution in [2.45, 2.75) is 12.4 Å². The lowest BCUT2D eigenvalue weighted by atomic mass is 9.96. The number of nitrogens with zero attached hydrogens (tertiary/aromatic N) is 1. The van der Waals surface area contributed by atoms with Crippen molar-refractivity contribution < 1.29 is 26.3 Å². The van der Waals surface area contributed by atoms with Crippen molar-refractivity contribution in [3.63, 3.8) is 0 Å².